The molecule has 102 valence electrons. The zero-order valence-corrected chi connectivity index (χ0v) is 12.4. The van der Waals surface area contributed by atoms with Gasteiger partial charge < -0.3 is 15.1 Å². The second-order valence-corrected chi connectivity index (χ2v) is 5.95. The second-order valence-electron chi connectivity index (χ2n) is 5.95. The molecule has 0 aliphatic carbocycles. The van der Waals surface area contributed by atoms with Crippen molar-refractivity contribution in [1.29, 1.82) is 0 Å². The molecule has 17 heavy (non-hydrogen) atoms. The number of likely N-dealkylation sites (tertiary alicyclic amines) is 1. The van der Waals surface area contributed by atoms with Crippen LogP contribution in [0.3, 0.4) is 0 Å². The van der Waals surface area contributed by atoms with Gasteiger partial charge >= 0.3 is 0 Å². The van der Waals surface area contributed by atoms with Crippen LogP contribution in [0.4, 0.5) is 0 Å². The van der Waals surface area contributed by atoms with E-state index in [1.165, 1.54) is 38.9 Å². The van der Waals surface area contributed by atoms with Gasteiger partial charge in [0.05, 0.1) is 0 Å². The summed E-state index contributed by atoms with van der Waals surface area (Å²) in [4.78, 5) is 5.02. The normalized spacial score (nSPS) is 27.9. The topological polar surface area (TPSA) is 18.5 Å². The van der Waals surface area contributed by atoms with E-state index >= 15 is 0 Å². The standard InChI is InChI=1S/C14H31N3/c1-12-10-17(11-14(12)16(4)5)9-7-6-8-13(2)15-3/h12-15H,6-11H2,1-5H3. The largest absolute Gasteiger partial charge is 0.317 e. The molecular formula is C14H31N3. The van der Waals surface area contributed by atoms with Gasteiger partial charge in [-0.05, 0) is 53.4 Å². The van der Waals surface area contributed by atoms with Crippen molar-refractivity contribution in [2.45, 2.75) is 45.2 Å². The Bertz CT molecular complexity index is 206. The van der Waals surface area contributed by atoms with Crippen molar-refractivity contribution in [2.24, 2.45) is 5.92 Å². The molecule has 0 amide bonds. The molecule has 1 fully saturated rings. The minimum atomic E-state index is 0.669. The van der Waals surface area contributed by atoms with Gasteiger partial charge in [0.2, 0.25) is 0 Å². The molecule has 1 aliphatic rings. The van der Waals surface area contributed by atoms with Gasteiger partial charge in [-0.2, -0.15) is 0 Å². The highest BCUT2D eigenvalue weighted by Gasteiger charge is 2.30. The van der Waals surface area contributed by atoms with Crippen molar-refractivity contribution in [2.75, 3.05) is 40.8 Å². The number of nitrogens with one attached hydrogen (secondary N) is 1. The molecule has 0 bridgehead atoms. The van der Waals surface area contributed by atoms with Crippen LogP contribution in [0.25, 0.3) is 0 Å². The number of unbranched alkanes of at least 4 members (excludes halogenated alkanes) is 1. The zero-order chi connectivity index (χ0) is 12.8. The van der Waals surface area contributed by atoms with Crippen LogP contribution < -0.4 is 5.32 Å². The minimum Gasteiger partial charge on any atom is -0.317 e. The van der Waals surface area contributed by atoms with Gasteiger partial charge in [0.25, 0.3) is 0 Å². The molecule has 1 heterocycles. The van der Waals surface area contributed by atoms with Crippen LogP contribution >= 0.6 is 0 Å². The molecule has 3 unspecified atom stereocenters. The fourth-order valence-electron chi connectivity index (χ4n) is 2.83. The predicted octanol–water partition coefficient (Wildman–Crippen LogP) is 1.65. The summed E-state index contributed by atoms with van der Waals surface area (Å²) in [7, 11) is 6.47. The number of hydrogen-bond acceptors (Lipinski definition) is 3. The Morgan fingerprint density at radius 1 is 1.29 bits per heavy atom. The first kappa shape index (κ1) is 14.9. The molecule has 0 aromatic heterocycles. The van der Waals surface area contributed by atoms with Gasteiger partial charge in [-0.15, -0.1) is 0 Å². The Kier molecular flexibility index (Phi) is 6.45. The summed E-state index contributed by atoms with van der Waals surface area (Å²) in [5.41, 5.74) is 0. The van der Waals surface area contributed by atoms with Gasteiger partial charge in [-0.3, -0.25) is 0 Å². The van der Waals surface area contributed by atoms with Crippen molar-refractivity contribution in [3.8, 4) is 0 Å². The first-order chi connectivity index (χ1) is 8.04. The zero-order valence-electron chi connectivity index (χ0n) is 12.4. The maximum absolute atomic E-state index is 3.30. The third-order valence-corrected chi connectivity index (χ3v) is 4.17. The molecule has 3 heteroatoms. The number of nitrogens with zero attached hydrogens (tertiary/aromatic N) is 2. The molecular weight excluding hydrogens is 210 g/mol. The van der Waals surface area contributed by atoms with E-state index in [0.29, 0.717) is 6.04 Å². The Hall–Kier alpha value is -0.120. The van der Waals surface area contributed by atoms with Crippen molar-refractivity contribution in [3.05, 3.63) is 0 Å². The van der Waals surface area contributed by atoms with Gasteiger partial charge in [-0.25, -0.2) is 0 Å². The summed E-state index contributed by atoms with van der Waals surface area (Å²) < 4.78 is 0. The third kappa shape index (κ3) is 4.94. The molecule has 0 aromatic rings. The molecule has 0 saturated carbocycles. The quantitative estimate of drug-likeness (QED) is 0.684. The van der Waals surface area contributed by atoms with Crippen LogP contribution in [0.2, 0.25) is 0 Å². The molecule has 1 aliphatic heterocycles. The maximum atomic E-state index is 3.30. The van der Waals surface area contributed by atoms with Crippen LogP contribution in [-0.4, -0.2) is 62.7 Å². The van der Waals surface area contributed by atoms with Gasteiger partial charge in [0, 0.05) is 25.2 Å². The number of hydrogen-bond donors (Lipinski definition) is 1. The van der Waals surface area contributed by atoms with Gasteiger partial charge in [-0.1, -0.05) is 13.3 Å². The van der Waals surface area contributed by atoms with Crippen LogP contribution in [-0.2, 0) is 0 Å². The lowest BCUT2D eigenvalue weighted by Crippen LogP contribution is -2.34. The third-order valence-electron chi connectivity index (χ3n) is 4.17. The summed E-state index contributed by atoms with van der Waals surface area (Å²) in [5.74, 6) is 0.821. The molecule has 0 aromatic carbocycles. The predicted molar refractivity (Wildman–Crippen MR) is 75.5 cm³/mol. The lowest BCUT2D eigenvalue weighted by atomic mass is 10.1. The molecule has 0 spiro atoms. The molecule has 1 saturated heterocycles. The summed E-state index contributed by atoms with van der Waals surface area (Å²) in [6.45, 7) is 8.47. The van der Waals surface area contributed by atoms with E-state index in [-0.39, 0.29) is 0 Å². The first-order valence-corrected chi connectivity index (χ1v) is 7.10. The Morgan fingerprint density at radius 2 is 2.00 bits per heavy atom. The molecule has 1 rings (SSSR count). The monoisotopic (exact) mass is 241 g/mol. The van der Waals surface area contributed by atoms with Crippen molar-refractivity contribution in [3.63, 3.8) is 0 Å². The number of rotatable bonds is 7. The van der Waals surface area contributed by atoms with E-state index in [0.717, 1.165) is 12.0 Å². The fourth-order valence-corrected chi connectivity index (χ4v) is 2.83. The highest BCUT2D eigenvalue weighted by atomic mass is 15.2. The van der Waals surface area contributed by atoms with Crippen LogP contribution in [0.1, 0.15) is 33.1 Å². The van der Waals surface area contributed by atoms with Crippen molar-refractivity contribution >= 4 is 0 Å². The van der Waals surface area contributed by atoms with E-state index in [1.54, 1.807) is 0 Å². The van der Waals surface area contributed by atoms with Gasteiger partial charge in [0.15, 0.2) is 0 Å². The lowest BCUT2D eigenvalue weighted by molar-refractivity contribution is 0.250. The Labute approximate surface area is 108 Å². The average molecular weight is 241 g/mol. The average Bonchev–Trinajstić information content (AvgIpc) is 2.65. The molecule has 3 nitrogen and oxygen atoms in total. The van der Waals surface area contributed by atoms with E-state index < -0.39 is 0 Å². The van der Waals surface area contributed by atoms with Crippen molar-refractivity contribution in [1.82, 2.24) is 15.1 Å². The minimum absolute atomic E-state index is 0.669. The first-order valence-electron chi connectivity index (χ1n) is 7.10. The smallest absolute Gasteiger partial charge is 0.0254 e. The van der Waals surface area contributed by atoms with Crippen LogP contribution in [0.5, 0.6) is 0 Å². The summed E-state index contributed by atoms with van der Waals surface area (Å²) in [6, 6.07) is 1.42. The van der Waals surface area contributed by atoms with Crippen LogP contribution in [0, 0.1) is 5.92 Å². The molecule has 0 radical (unpaired) electrons. The summed E-state index contributed by atoms with van der Waals surface area (Å²) in [6.07, 6.45) is 4.00. The highest BCUT2D eigenvalue weighted by molar-refractivity contribution is 4.86. The summed E-state index contributed by atoms with van der Waals surface area (Å²) >= 11 is 0. The van der Waals surface area contributed by atoms with Gasteiger partial charge in [0.1, 0.15) is 0 Å². The van der Waals surface area contributed by atoms with E-state index in [9.17, 15) is 0 Å². The van der Waals surface area contributed by atoms with Crippen LogP contribution in [0.15, 0.2) is 0 Å². The molecule has 3 atom stereocenters. The summed E-state index contributed by atoms with van der Waals surface area (Å²) in [5, 5.41) is 3.30. The Morgan fingerprint density at radius 3 is 2.53 bits per heavy atom. The maximum Gasteiger partial charge on any atom is 0.0254 e. The second kappa shape index (κ2) is 7.34. The fraction of sp³-hybridized carbons (Fsp3) is 1.00. The highest BCUT2D eigenvalue weighted by Crippen LogP contribution is 2.20. The molecule has 1 N–H and O–H groups in total. The number of likely N-dealkylation sites (N-methyl/N-ethyl adjacent to an activating group) is 1. The van der Waals surface area contributed by atoms with E-state index in [2.05, 4.69) is 50.1 Å². The van der Waals surface area contributed by atoms with E-state index in [1.807, 2.05) is 0 Å². The van der Waals surface area contributed by atoms with Crippen molar-refractivity contribution < 1.29 is 0 Å². The SMILES string of the molecule is CNC(C)CCCCN1CC(C)C(N(C)C)C1. The van der Waals surface area contributed by atoms with E-state index in [4.69, 9.17) is 0 Å². The lowest BCUT2D eigenvalue weighted by Gasteiger charge is -2.22. The Balaban J connectivity index is 2.13.